The summed E-state index contributed by atoms with van der Waals surface area (Å²) in [5.74, 6) is 0. The van der Waals surface area contributed by atoms with E-state index in [0.717, 1.165) is 18.1 Å². The monoisotopic (exact) mass is 222 g/mol. The summed E-state index contributed by atoms with van der Waals surface area (Å²) >= 11 is 0. The van der Waals surface area contributed by atoms with E-state index in [0.29, 0.717) is 5.54 Å². The topological polar surface area (TPSA) is 6.48 Å². The molecule has 1 atom stereocenters. The van der Waals surface area contributed by atoms with Crippen molar-refractivity contribution < 1.29 is 0 Å². The van der Waals surface area contributed by atoms with E-state index >= 15 is 0 Å². The van der Waals surface area contributed by atoms with Gasteiger partial charge in [-0.05, 0) is 52.9 Å². The van der Waals surface area contributed by atoms with Gasteiger partial charge in [0.15, 0.2) is 0 Å². The van der Waals surface area contributed by atoms with Crippen LogP contribution in [-0.4, -0.2) is 46.6 Å². The fourth-order valence-electron chi connectivity index (χ4n) is 4.14. The molecule has 3 heterocycles. The van der Waals surface area contributed by atoms with Crippen LogP contribution in [0.25, 0.3) is 0 Å². The van der Waals surface area contributed by atoms with Gasteiger partial charge in [-0.3, -0.25) is 9.80 Å². The second kappa shape index (κ2) is 3.71. The normalized spacial score (nSPS) is 41.1. The first-order valence-corrected chi connectivity index (χ1v) is 7.08. The molecule has 2 bridgehead atoms. The number of nitrogens with zero attached hydrogens (tertiary/aromatic N) is 2. The van der Waals surface area contributed by atoms with E-state index in [1.54, 1.807) is 0 Å². The minimum atomic E-state index is 0.369. The van der Waals surface area contributed by atoms with E-state index < -0.39 is 0 Å². The molecular formula is C14H26N2. The van der Waals surface area contributed by atoms with Crippen LogP contribution in [0.2, 0.25) is 0 Å². The molecule has 2 nitrogen and oxygen atoms in total. The molecule has 3 fully saturated rings. The molecule has 92 valence electrons. The van der Waals surface area contributed by atoms with Gasteiger partial charge in [0.05, 0.1) is 0 Å². The summed E-state index contributed by atoms with van der Waals surface area (Å²) in [6.45, 7) is 9.69. The smallest absolute Gasteiger partial charge is 0.0241 e. The van der Waals surface area contributed by atoms with Crippen molar-refractivity contribution in [3.63, 3.8) is 0 Å². The largest absolute Gasteiger partial charge is 0.297 e. The second-order valence-electron chi connectivity index (χ2n) is 6.97. The van der Waals surface area contributed by atoms with Crippen LogP contribution in [0.15, 0.2) is 0 Å². The van der Waals surface area contributed by atoms with Crippen LogP contribution in [0.4, 0.5) is 0 Å². The predicted molar refractivity (Wildman–Crippen MR) is 67.6 cm³/mol. The van der Waals surface area contributed by atoms with Gasteiger partial charge in [-0.25, -0.2) is 0 Å². The molecule has 0 amide bonds. The summed E-state index contributed by atoms with van der Waals surface area (Å²) in [6.07, 6.45) is 7.34. The molecular weight excluding hydrogens is 196 g/mol. The Kier molecular flexibility index (Phi) is 2.56. The highest BCUT2D eigenvalue weighted by molar-refractivity contribution is 5.01. The van der Waals surface area contributed by atoms with Crippen LogP contribution >= 0.6 is 0 Å². The lowest BCUT2D eigenvalue weighted by Gasteiger charge is -2.34. The quantitative estimate of drug-likeness (QED) is 0.672. The molecule has 3 rings (SSSR count). The molecule has 0 aromatic heterocycles. The fraction of sp³-hybridized carbons (Fsp3) is 1.00. The van der Waals surface area contributed by atoms with Crippen LogP contribution < -0.4 is 0 Å². The molecule has 3 aliphatic rings. The van der Waals surface area contributed by atoms with E-state index in [1.165, 1.54) is 45.2 Å². The van der Waals surface area contributed by atoms with Crippen LogP contribution in [0.5, 0.6) is 0 Å². The maximum Gasteiger partial charge on any atom is 0.0241 e. The summed E-state index contributed by atoms with van der Waals surface area (Å²) in [5.41, 5.74) is 0.369. The van der Waals surface area contributed by atoms with Gasteiger partial charge in [0.25, 0.3) is 0 Å². The van der Waals surface area contributed by atoms with E-state index in [4.69, 9.17) is 0 Å². The summed E-state index contributed by atoms with van der Waals surface area (Å²) < 4.78 is 0. The Bertz CT molecular complexity index is 248. The van der Waals surface area contributed by atoms with Crippen molar-refractivity contribution in [1.29, 1.82) is 0 Å². The van der Waals surface area contributed by atoms with Gasteiger partial charge in [-0.2, -0.15) is 0 Å². The third-order valence-electron chi connectivity index (χ3n) is 5.04. The van der Waals surface area contributed by atoms with Crippen molar-refractivity contribution >= 4 is 0 Å². The van der Waals surface area contributed by atoms with Gasteiger partial charge >= 0.3 is 0 Å². The van der Waals surface area contributed by atoms with Crippen LogP contribution in [-0.2, 0) is 0 Å². The highest BCUT2D eigenvalue weighted by Crippen LogP contribution is 2.41. The maximum absolute atomic E-state index is 2.89. The van der Waals surface area contributed by atoms with E-state index in [-0.39, 0.29) is 0 Å². The lowest BCUT2D eigenvalue weighted by Crippen LogP contribution is -2.44. The summed E-state index contributed by atoms with van der Waals surface area (Å²) in [6, 6.07) is 2.78. The Labute approximate surface area is 100.0 Å². The van der Waals surface area contributed by atoms with E-state index in [1.807, 2.05) is 0 Å². The standard InChI is InChI=1S/C14H26N2/c1-14(2,3)15-9-8-13(10-15)16-11-4-5-12(16)7-6-11/h11-13H,4-10H2,1-3H3/t11?,12?,13-/m1/s1. The van der Waals surface area contributed by atoms with Crippen LogP contribution in [0, 0.1) is 0 Å². The van der Waals surface area contributed by atoms with Crippen molar-refractivity contribution in [3.8, 4) is 0 Å². The minimum absolute atomic E-state index is 0.369. The van der Waals surface area contributed by atoms with Crippen molar-refractivity contribution in [1.82, 2.24) is 9.80 Å². The minimum Gasteiger partial charge on any atom is -0.297 e. The molecule has 3 saturated heterocycles. The molecule has 0 aromatic rings. The molecule has 0 saturated carbocycles. The molecule has 0 N–H and O–H groups in total. The number of fused-ring (bicyclic) bond motifs is 2. The zero-order valence-electron chi connectivity index (χ0n) is 11.1. The lowest BCUT2D eigenvalue weighted by molar-refractivity contribution is 0.134. The molecule has 0 spiro atoms. The molecule has 16 heavy (non-hydrogen) atoms. The first-order chi connectivity index (χ1) is 7.55. The third kappa shape index (κ3) is 1.70. The Morgan fingerprint density at radius 3 is 1.81 bits per heavy atom. The number of rotatable bonds is 1. The third-order valence-corrected chi connectivity index (χ3v) is 5.04. The highest BCUT2D eigenvalue weighted by atomic mass is 15.3. The Balaban J connectivity index is 1.66. The highest BCUT2D eigenvalue weighted by Gasteiger charge is 2.45. The average molecular weight is 222 g/mol. The first-order valence-electron chi connectivity index (χ1n) is 7.08. The lowest BCUT2D eigenvalue weighted by atomic mass is 10.0. The van der Waals surface area contributed by atoms with Gasteiger partial charge in [-0.1, -0.05) is 0 Å². The van der Waals surface area contributed by atoms with Crippen LogP contribution in [0.1, 0.15) is 52.9 Å². The van der Waals surface area contributed by atoms with Crippen molar-refractivity contribution in [2.24, 2.45) is 0 Å². The van der Waals surface area contributed by atoms with Gasteiger partial charge < -0.3 is 0 Å². The zero-order chi connectivity index (χ0) is 11.3. The van der Waals surface area contributed by atoms with E-state index in [9.17, 15) is 0 Å². The Morgan fingerprint density at radius 2 is 1.38 bits per heavy atom. The van der Waals surface area contributed by atoms with Crippen molar-refractivity contribution in [2.45, 2.75) is 76.5 Å². The SMILES string of the molecule is CC(C)(C)N1CC[C@@H](N2C3CCC2CC3)C1. The van der Waals surface area contributed by atoms with E-state index in [2.05, 4.69) is 30.6 Å². The maximum atomic E-state index is 2.89. The Hall–Kier alpha value is -0.0800. The van der Waals surface area contributed by atoms with Crippen molar-refractivity contribution in [3.05, 3.63) is 0 Å². The van der Waals surface area contributed by atoms with Gasteiger partial charge in [0, 0.05) is 36.8 Å². The molecule has 3 aliphatic heterocycles. The number of hydrogen-bond acceptors (Lipinski definition) is 2. The molecule has 2 heteroatoms. The van der Waals surface area contributed by atoms with Gasteiger partial charge in [-0.15, -0.1) is 0 Å². The molecule has 0 radical (unpaired) electrons. The summed E-state index contributed by atoms with van der Waals surface area (Å²) in [5, 5.41) is 0. The van der Waals surface area contributed by atoms with Gasteiger partial charge in [0.2, 0.25) is 0 Å². The summed E-state index contributed by atoms with van der Waals surface area (Å²) in [4.78, 5) is 5.57. The second-order valence-corrected chi connectivity index (χ2v) is 6.97. The first kappa shape index (κ1) is 11.0. The molecule has 0 unspecified atom stereocenters. The Morgan fingerprint density at radius 1 is 0.812 bits per heavy atom. The number of likely N-dealkylation sites (tertiary alicyclic amines) is 1. The summed E-state index contributed by atoms with van der Waals surface area (Å²) in [7, 11) is 0. The average Bonchev–Trinajstić information content (AvgIpc) is 2.89. The van der Waals surface area contributed by atoms with Crippen LogP contribution in [0.3, 0.4) is 0 Å². The fourth-order valence-corrected chi connectivity index (χ4v) is 4.14. The van der Waals surface area contributed by atoms with Crippen molar-refractivity contribution in [2.75, 3.05) is 13.1 Å². The molecule has 0 aromatic carbocycles. The molecule has 0 aliphatic carbocycles. The van der Waals surface area contributed by atoms with Gasteiger partial charge in [0.1, 0.15) is 0 Å². The predicted octanol–water partition coefficient (Wildman–Crippen LogP) is 2.49. The number of hydrogen-bond donors (Lipinski definition) is 0. The zero-order valence-corrected chi connectivity index (χ0v) is 11.1.